The first-order valence-corrected chi connectivity index (χ1v) is 9.74. The fraction of sp³-hybridized carbons (Fsp3) is 0.444. The minimum Gasteiger partial charge on any atom is -0.441 e. The molecule has 1 aliphatic carbocycles. The van der Waals surface area contributed by atoms with Gasteiger partial charge in [0, 0.05) is 22.4 Å². The number of amides is 1. The number of benzene rings is 1. The molecule has 0 atom stereocenters. The highest BCUT2D eigenvalue weighted by molar-refractivity contribution is 7.99. The van der Waals surface area contributed by atoms with Gasteiger partial charge in [0.15, 0.2) is 0 Å². The van der Waals surface area contributed by atoms with Gasteiger partial charge in [-0.2, -0.15) is 0 Å². The number of carbonyl (C=O) groups is 1. The second-order valence-electron chi connectivity index (χ2n) is 6.07. The Morgan fingerprint density at radius 3 is 2.96 bits per heavy atom. The van der Waals surface area contributed by atoms with Gasteiger partial charge in [0.25, 0.3) is 0 Å². The number of thioether (sulfide) groups is 1. The lowest BCUT2D eigenvalue weighted by Gasteiger charge is -2.11. The van der Waals surface area contributed by atoms with Crippen LogP contribution in [0.15, 0.2) is 28.7 Å². The van der Waals surface area contributed by atoms with Crippen molar-refractivity contribution >= 4 is 29.3 Å². The molecule has 6 heteroatoms. The molecule has 128 valence electrons. The van der Waals surface area contributed by atoms with Gasteiger partial charge >= 0.3 is 0 Å². The lowest BCUT2D eigenvalue weighted by atomic mass is 10.2. The summed E-state index contributed by atoms with van der Waals surface area (Å²) in [6, 6.07) is 7.82. The Bertz CT molecular complexity index is 711. The predicted molar refractivity (Wildman–Crippen MR) is 98.2 cm³/mol. The van der Waals surface area contributed by atoms with E-state index >= 15 is 0 Å². The summed E-state index contributed by atoms with van der Waals surface area (Å²) < 4.78 is 5.74. The molecule has 0 radical (unpaired) electrons. The molecule has 0 spiro atoms. The molecule has 24 heavy (non-hydrogen) atoms. The van der Waals surface area contributed by atoms with Gasteiger partial charge in [-0.1, -0.05) is 30.5 Å². The Hall–Kier alpha value is -1.46. The normalized spacial score (nSPS) is 14.9. The van der Waals surface area contributed by atoms with Gasteiger partial charge in [-0.3, -0.25) is 4.79 Å². The molecule has 4 nitrogen and oxygen atoms in total. The van der Waals surface area contributed by atoms with E-state index in [1.54, 1.807) is 11.8 Å². The van der Waals surface area contributed by atoms with Crippen LogP contribution in [-0.4, -0.2) is 22.7 Å². The van der Waals surface area contributed by atoms with E-state index in [1.807, 2.05) is 31.2 Å². The summed E-state index contributed by atoms with van der Waals surface area (Å²) in [5.41, 5.74) is 1.74. The number of oxazole rings is 1. The van der Waals surface area contributed by atoms with Crippen molar-refractivity contribution in [3.63, 3.8) is 0 Å². The fourth-order valence-electron chi connectivity index (χ4n) is 2.89. The Morgan fingerprint density at radius 1 is 1.42 bits per heavy atom. The van der Waals surface area contributed by atoms with Crippen LogP contribution >= 0.6 is 23.4 Å². The molecule has 1 aromatic carbocycles. The molecule has 0 unspecified atom stereocenters. The molecule has 1 aromatic heterocycles. The van der Waals surface area contributed by atoms with Crippen LogP contribution in [0, 0.1) is 6.92 Å². The van der Waals surface area contributed by atoms with E-state index in [-0.39, 0.29) is 5.91 Å². The van der Waals surface area contributed by atoms with Crippen molar-refractivity contribution in [1.82, 2.24) is 10.3 Å². The first-order chi connectivity index (χ1) is 11.6. The van der Waals surface area contributed by atoms with E-state index < -0.39 is 0 Å². The van der Waals surface area contributed by atoms with Crippen LogP contribution in [0.1, 0.15) is 37.1 Å². The first-order valence-electron chi connectivity index (χ1n) is 8.21. The van der Waals surface area contributed by atoms with E-state index in [1.165, 1.54) is 12.8 Å². The second-order valence-corrected chi connectivity index (χ2v) is 7.50. The number of hydrogen-bond donors (Lipinski definition) is 1. The summed E-state index contributed by atoms with van der Waals surface area (Å²) >= 11 is 7.57. The lowest BCUT2D eigenvalue weighted by molar-refractivity contribution is -0.119. The van der Waals surface area contributed by atoms with Crippen LogP contribution in [0.5, 0.6) is 0 Å². The predicted octanol–water partition coefficient (Wildman–Crippen LogP) is 4.60. The van der Waals surface area contributed by atoms with Crippen molar-refractivity contribution in [3.8, 4) is 11.5 Å². The van der Waals surface area contributed by atoms with Gasteiger partial charge in [0.2, 0.25) is 11.8 Å². The minimum absolute atomic E-state index is 0.114. The Balaban J connectivity index is 1.53. The molecule has 1 fully saturated rings. The molecule has 1 heterocycles. The van der Waals surface area contributed by atoms with E-state index in [4.69, 9.17) is 16.0 Å². The van der Waals surface area contributed by atoms with Crippen molar-refractivity contribution in [2.75, 3.05) is 5.75 Å². The van der Waals surface area contributed by atoms with Crippen LogP contribution < -0.4 is 5.32 Å². The highest BCUT2D eigenvalue weighted by Gasteiger charge is 2.17. The van der Waals surface area contributed by atoms with Crippen molar-refractivity contribution in [2.45, 2.75) is 44.4 Å². The average molecular weight is 365 g/mol. The highest BCUT2D eigenvalue weighted by atomic mass is 35.5. The molecule has 0 bridgehead atoms. The molecule has 1 N–H and O–H groups in total. The molecule has 1 saturated carbocycles. The molecule has 3 rings (SSSR count). The third-order valence-corrected chi connectivity index (χ3v) is 5.34. The van der Waals surface area contributed by atoms with Crippen molar-refractivity contribution in [2.24, 2.45) is 0 Å². The van der Waals surface area contributed by atoms with E-state index in [0.717, 1.165) is 29.9 Å². The van der Waals surface area contributed by atoms with Crippen LogP contribution in [0.4, 0.5) is 0 Å². The molecule has 1 amide bonds. The number of aryl methyl sites for hydroxylation is 1. The zero-order chi connectivity index (χ0) is 16.9. The zero-order valence-corrected chi connectivity index (χ0v) is 15.3. The average Bonchev–Trinajstić information content (AvgIpc) is 3.18. The monoisotopic (exact) mass is 364 g/mol. The van der Waals surface area contributed by atoms with Gasteiger partial charge in [0.1, 0.15) is 5.76 Å². The maximum absolute atomic E-state index is 11.9. The Morgan fingerprint density at radius 2 is 2.21 bits per heavy atom. The molecule has 0 saturated heterocycles. The van der Waals surface area contributed by atoms with Gasteiger partial charge in [-0.15, -0.1) is 11.8 Å². The Labute approximate surface area is 151 Å². The summed E-state index contributed by atoms with van der Waals surface area (Å²) in [5, 5.41) is 3.75. The number of hydrogen-bond acceptors (Lipinski definition) is 4. The summed E-state index contributed by atoms with van der Waals surface area (Å²) in [6.45, 7) is 1.90. The maximum atomic E-state index is 11.9. The number of nitrogens with zero attached hydrogens (tertiary/aromatic N) is 1. The standard InChI is InChI=1S/C18H21ClN2O2S/c1-12-16(10-24-11-17(22)20-15-7-2-3-8-15)21-18(23-12)13-5-4-6-14(19)9-13/h4-6,9,15H,2-3,7-8,10-11H2,1H3,(H,20,22). The van der Waals surface area contributed by atoms with Crippen LogP contribution in [0.2, 0.25) is 5.02 Å². The second kappa shape index (κ2) is 8.08. The van der Waals surface area contributed by atoms with Crippen molar-refractivity contribution in [3.05, 3.63) is 40.7 Å². The minimum atomic E-state index is 0.114. The number of aromatic nitrogens is 1. The summed E-state index contributed by atoms with van der Waals surface area (Å²) in [6.07, 6.45) is 4.68. The molecule has 2 aromatic rings. The number of rotatable bonds is 6. The third kappa shape index (κ3) is 4.54. The molecule has 0 aliphatic heterocycles. The van der Waals surface area contributed by atoms with Gasteiger partial charge in [-0.05, 0) is 38.0 Å². The Kier molecular flexibility index (Phi) is 5.85. The summed E-state index contributed by atoms with van der Waals surface area (Å²) in [4.78, 5) is 16.5. The first kappa shape index (κ1) is 17.4. The van der Waals surface area contributed by atoms with Crippen molar-refractivity contribution in [1.29, 1.82) is 0 Å². The number of halogens is 1. The molecular weight excluding hydrogens is 344 g/mol. The van der Waals surface area contributed by atoms with Gasteiger partial charge in [-0.25, -0.2) is 4.98 Å². The number of nitrogens with one attached hydrogen (secondary N) is 1. The quantitative estimate of drug-likeness (QED) is 0.814. The maximum Gasteiger partial charge on any atom is 0.230 e. The highest BCUT2D eigenvalue weighted by Crippen LogP contribution is 2.26. The van der Waals surface area contributed by atoms with E-state index in [0.29, 0.717) is 28.5 Å². The van der Waals surface area contributed by atoms with Crippen LogP contribution in [0.25, 0.3) is 11.5 Å². The third-order valence-electron chi connectivity index (χ3n) is 4.16. The fourth-order valence-corrected chi connectivity index (χ4v) is 3.91. The van der Waals surface area contributed by atoms with E-state index in [9.17, 15) is 4.79 Å². The van der Waals surface area contributed by atoms with Gasteiger partial charge < -0.3 is 9.73 Å². The molecule has 1 aliphatic rings. The SMILES string of the molecule is Cc1oc(-c2cccc(Cl)c2)nc1CSCC(=O)NC1CCCC1. The number of carbonyl (C=O) groups excluding carboxylic acids is 1. The topological polar surface area (TPSA) is 55.1 Å². The smallest absolute Gasteiger partial charge is 0.230 e. The molecular formula is C18H21ClN2O2S. The largest absolute Gasteiger partial charge is 0.441 e. The summed E-state index contributed by atoms with van der Waals surface area (Å²) in [7, 11) is 0. The van der Waals surface area contributed by atoms with Crippen molar-refractivity contribution < 1.29 is 9.21 Å². The van der Waals surface area contributed by atoms with Crippen LogP contribution in [-0.2, 0) is 10.5 Å². The van der Waals surface area contributed by atoms with E-state index in [2.05, 4.69) is 10.3 Å². The van der Waals surface area contributed by atoms with Crippen LogP contribution in [0.3, 0.4) is 0 Å². The van der Waals surface area contributed by atoms with Gasteiger partial charge in [0.05, 0.1) is 11.4 Å². The lowest BCUT2D eigenvalue weighted by Crippen LogP contribution is -2.33. The summed E-state index contributed by atoms with van der Waals surface area (Å²) in [5.74, 6) is 2.58. The zero-order valence-electron chi connectivity index (χ0n) is 13.7.